The van der Waals surface area contributed by atoms with Gasteiger partial charge in [0.2, 0.25) is 0 Å². The second-order valence-corrected chi connectivity index (χ2v) is 4.96. The van der Waals surface area contributed by atoms with Gasteiger partial charge in [-0.05, 0) is 17.6 Å². The zero-order chi connectivity index (χ0) is 9.47. The Morgan fingerprint density at radius 1 is 1.31 bits per heavy atom. The number of rotatable bonds is 0. The van der Waals surface area contributed by atoms with E-state index in [4.69, 9.17) is 0 Å². The fraction of sp³-hybridized carbons (Fsp3) is 0.400. The van der Waals surface area contributed by atoms with E-state index in [0.717, 1.165) is 0 Å². The maximum absolute atomic E-state index is 4.47. The van der Waals surface area contributed by atoms with Crippen LogP contribution in [0.5, 0.6) is 0 Å². The third kappa shape index (κ3) is 1.44. The van der Waals surface area contributed by atoms with E-state index < -0.39 is 0 Å². The second-order valence-electron chi connectivity index (χ2n) is 4.15. The lowest BCUT2D eigenvalue weighted by molar-refractivity contribution is 0.581. The van der Waals surface area contributed by atoms with Crippen LogP contribution in [0.2, 0.25) is 0 Å². The van der Waals surface area contributed by atoms with Crippen LogP contribution in [-0.2, 0) is 5.41 Å². The van der Waals surface area contributed by atoms with Crippen LogP contribution in [0, 0.1) is 0 Å². The molecule has 2 nitrogen and oxygen atoms in total. The zero-order valence-electron chi connectivity index (χ0n) is 8.03. The predicted molar refractivity (Wildman–Crippen MR) is 56.1 cm³/mol. The Balaban J connectivity index is 2.72. The first-order chi connectivity index (χ1) is 6.09. The minimum atomic E-state index is 0.125. The van der Waals surface area contributed by atoms with E-state index >= 15 is 0 Å². The van der Waals surface area contributed by atoms with Crippen molar-refractivity contribution in [1.82, 2.24) is 9.36 Å². The fourth-order valence-electron chi connectivity index (χ4n) is 1.33. The van der Waals surface area contributed by atoms with Gasteiger partial charge in [0.1, 0.15) is 0 Å². The van der Waals surface area contributed by atoms with Crippen LogP contribution in [0.4, 0.5) is 0 Å². The highest BCUT2D eigenvalue weighted by Gasteiger charge is 2.19. The Morgan fingerprint density at radius 2 is 2.08 bits per heavy atom. The zero-order valence-corrected chi connectivity index (χ0v) is 8.85. The monoisotopic (exact) mass is 192 g/mol. The average molecular weight is 192 g/mol. The molecule has 0 bridgehead atoms. The van der Waals surface area contributed by atoms with Crippen molar-refractivity contribution in [2.24, 2.45) is 0 Å². The Bertz CT molecular complexity index is 426. The number of aromatic nitrogens is 2. The summed E-state index contributed by atoms with van der Waals surface area (Å²) in [4.78, 5) is 4.08. The SMILES string of the molecule is CC(C)(C)c1nsc2cnccc12. The van der Waals surface area contributed by atoms with Gasteiger partial charge in [-0.25, -0.2) is 0 Å². The lowest BCUT2D eigenvalue weighted by Gasteiger charge is -2.15. The molecule has 0 aliphatic heterocycles. The van der Waals surface area contributed by atoms with Gasteiger partial charge in [0.15, 0.2) is 0 Å². The van der Waals surface area contributed by atoms with E-state index in [1.807, 2.05) is 18.5 Å². The highest BCUT2D eigenvalue weighted by Crippen LogP contribution is 2.30. The Morgan fingerprint density at radius 3 is 2.77 bits per heavy atom. The van der Waals surface area contributed by atoms with Gasteiger partial charge in [0, 0.05) is 23.2 Å². The molecule has 0 aliphatic rings. The van der Waals surface area contributed by atoms with Gasteiger partial charge >= 0.3 is 0 Å². The lowest BCUT2D eigenvalue weighted by Crippen LogP contribution is -2.11. The van der Waals surface area contributed by atoms with Crippen molar-refractivity contribution in [2.75, 3.05) is 0 Å². The van der Waals surface area contributed by atoms with Gasteiger partial charge in [-0.3, -0.25) is 4.98 Å². The van der Waals surface area contributed by atoms with Gasteiger partial charge in [-0.1, -0.05) is 20.8 Å². The number of nitrogens with zero attached hydrogens (tertiary/aromatic N) is 2. The molecule has 0 amide bonds. The minimum absolute atomic E-state index is 0.125. The molecule has 0 radical (unpaired) electrons. The fourth-order valence-corrected chi connectivity index (χ4v) is 2.27. The summed E-state index contributed by atoms with van der Waals surface area (Å²) in [5.74, 6) is 0. The van der Waals surface area contributed by atoms with Gasteiger partial charge in [0.05, 0.1) is 10.4 Å². The van der Waals surface area contributed by atoms with E-state index in [1.54, 1.807) is 0 Å². The van der Waals surface area contributed by atoms with E-state index in [1.165, 1.54) is 27.3 Å². The van der Waals surface area contributed by atoms with Crippen LogP contribution in [0.15, 0.2) is 18.5 Å². The Labute approximate surface area is 81.8 Å². The van der Waals surface area contributed by atoms with Crippen molar-refractivity contribution in [3.8, 4) is 0 Å². The molecule has 0 aliphatic carbocycles. The molecule has 0 aromatic carbocycles. The summed E-state index contributed by atoms with van der Waals surface area (Å²) in [5, 5.41) is 1.24. The number of fused-ring (bicyclic) bond motifs is 1. The Kier molecular flexibility index (Phi) is 1.84. The van der Waals surface area contributed by atoms with E-state index in [-0.39, 0.29) is 5.41 Å². The molecule has 3 heteroatoms. The second kappa shape index (κ2) is 2.77. The topological polar surface area (TPSA) is 25.8 Å². The molecule has 0 atom stereocenters. The molecule has 0 spiro atoms. The highest BCUT2D eigenvalue weighted by molar-refractivity contribution is 7.13. The molecule has 0 saturated carbocycles. The highest BCUT2D eigenvalue weighted by atomic mass is 32.1. The Hall–Kier alpha value is -0.960. The summed E-state index contributed by atoms with van der Waals surface area (Å²) in [6.07, 6.45) is 3.70. The summed E-state index contributed by atoms with van der Waals surface area (Å²) in [6, 6.07) is 2.04. The molecule has 2 rings (SSSR count). The summed E-state index contributed by atoms with van der Waals surface area (Å²) in [6.45, 7) is 6.55. The maximum atomic E-state index is 4.47. The minimum Gasteiger partial charge on any atom is -0.263 e. The van der Waals surface area contributed by atoms with Crippen LogP contribution in [0.1, 0.15) is 26.5 Å². The molecule has 2 heterocycles. The van der Waals surface area contributed by atoms with Crippen LogP contribution < -0.4 is 0 Å². The quantitative estimate of drug-likeness (QED) is 0.641. The summed E-state index contributed by atoms with van der Waals surface area (Å²) in [5.41, 5.74) is 1.30. The van der Waals surface area contributed by atoms with Crippen LogP contribution in [0.25, 0.3) is 10.1 Å². The molecule has 68 valence electrons. The van der Waals surface area contributed by atoms with Gasteiger partial charge < -0.3 is 0 Å². The summed E-state index contributed by atoms with van der Waals surface area (Å²) in [7, 11) is 0. The number of hydrogen-bond acceptors (Lipinski definition) is 3. The standard InChI is InChI=1S/C10H12N2S/c1-10(2,3)9-7-4-5-11-6-8(7)13-12-9/h4-6H,1-3H3. The van der Waals surface area contributed by atoms with Crippen molar-refractivity contribution < 1.29 is 0 Å². The maximum Gasteiger partial charge on any atom is 0.0736 e. The molecule has 0 saturated heterocycles. The van der Waals surface area contributed by atoms with Crippen molar-refractivity contribution in [3.63, 3.8) is 0 Å². The van der Waals surface area contributed by atoms with Gasteiger partial charge in [-0.2, -0.15) is 4.37 Å². The van der Waals surface area contributed by atoms with E-state index in [0.29, 0.717) is 0 Å². The normalized spacial score (nSPS) is 12.2. The van der Waals surface area contributed by atoms with Crippen LogP contribution in [0.3, 0.4) is 0 Å². The van der Waals surface area contributed by atoms with Crippen molar-refractivity contribution >= 4 is 21.6 Å². The number of pyridine rings is 1. The van der Waals surface area contributed by atoms with Gasteiger partial charge in [0.25, 0.3) is 0 Å². The molecule has 13 heavy (non-hydrogen) atoms. The number of hydrogen-bond donors (Lipinski definition) is 0. The largest absolute Gasteiger partial charge is 0.263 e. The first kappa shape index (κ1) is 8.63. The van der Waals surface area contributed by atoms with Crippen molar-refractivity contribution in [3.05, 3.63) is 24.2 Å². The summed E-state index contributed by atoms with van der Waals surface area (Å²) >= 11 is 1.53. The third-order valence-corrected chi connectivity index (χ3v) is 2.78. The smallest absolute Gasteiger partial charge is 0.0736 e. The molecule has 0 fully saturated rings. The van der Waals surface area contributed by atoms with E-state index in [2.05, 4.69) is 30.1 Å². The molecule has 0 N–H and O–H groups in total. The summed E-state index contributed by atoms with van der Waals surface area (Å²) < 4.78 is 5.64. The average Bonchev–Trinajstić information content (AvgIpc) is 2.45. The van der Waals surface area contributed by atoms with E-state index in [9.17, 15) is 0 Å². The molecule has 2 aromatic rings. The van der Waals surface area contributed by atoms with Gasteiger partial charge in [-0.15, -0.1) is 0 Å². The first-order valence-electron chi connectivity index (χ1n) is 4.29. The van der Waals surface area contributed by atoms with Crippen molar-refractivity contribution in [1.29, 1.82) is 0 Å². The molecule has 0 unspecified atom stereocenters. The predicted octanol–water partition coefficient (Wildman–Crippen LogP) is 2.99. The van der Waals surface area contributed by atoms with Crippen molar-refractivity contribution in [2.45, 2.75) is 26.2 Å². The third-order valence-electron chi connectivity index (χ3n) is 1.99. The molecule has 2 aromatic heterocycles. The molecular weight excluding hydrogens is 180 g/mol. The van der Waals surface area contributed by atoms with Crippen LogP contribution >= 0.6 is 11.5 Å². The molecular formula is C10H12N2S. The van der Waals surface area contributed by atoms with Crippen LogP contribution in [-0.4, -0.2) is 9.36 Å². The first-order valence-corrected chi connectivity index (χ1v) is 5.06. The lowest BCUT2D eigenvalue weighted by atomic mass is 9.90.